The normalized spacial score (nSPS) is 14.9. The molecule has 35 heavy (non-hydrogen) atoms. The molecule has 1 atom stereocenters. The molecule has 1 aliphatic heterocycles. The number of piperazine rings is 1. The zero-order valence-corrected chi connectivity index (χ0v) is 21.5. The Kier molecular flexibility index (Phi) is 7.52. The van der Waals surface area contributed by atoms with Crippen molar-refractivity contribution in [1.82, 2.24) is 5.32 Å². The molecule has 0 spiro atoms. The lowest BCUT2D eigenvalue weighted by Gasteiger charge is -2.31. The summed E-state index contributed by atoms with van der Waals surface area (Å²) in [4.78, 5) is 2.59. The first-order chi connectivity index (χ1) is 16.8. The second-order valence-electron chi connectivity index (χ2n) is 8.78. The maximum atomic E-state index is 13.2. The lowest BCUT2D eigenvalue weighted by atomic mass is 9.91. The second-order valence-corrected chi connectivity index (χ2v) is 10.7. The average Bonchev–Trinajstić information content (AvgIpc) is 2.87. The van der Waals surface area contributed by atoms with E-state index in [0.29, 0.717) is 22.1 Å². The third-order valence-corrected chi connectivity index (χ3v) is 7.55. The summed E-state index contributed by atoms with van der Waals surface area (Å²) in [5.41, 5.74) is 4.04. The molecule has 186 valence electrons. The Bertz CT molecular complexity index is 1250. The first kappa shape index (κ1) is 24.9. The molecule has 1 unspecified atom stereocenters. The van der Waals surface area contributed by atoms with Crippen molar-refractivity contribution in [3.63, 3.8) is 0 Å². The van der Waals surface area contributed by atoms with E-state index in [1.54, 1.807) is 14.2 Å². The van der Waals surface area contributed by atoms with E-state index in [9.17, 15) is 8.42 Å². The van der Waals surface area contributed by atoms with Gasteiger partial charge in [-0.15, -0.1) is 0 Å². The summed E-state index contributed by atoms with van der Waals surface area (Å²) in [6, 6.07) is 19.3. The van der Waals surface area contributed by atoms with Crippen molar-refractivity contribution >= 4 is 26.9 Å². The summed E-state index contributed by atoms with van der Waals surface area (Å²) in [7, 11) is -0.354. The van der Waals surface area contributed by atoms with E-state index in [4.69, 9.17) is 9.47 Å². The Morgan fingerprint density at radius 1 is 0.943 bits per heavy atom. The van der Waals surface area contributed by atoms with Gasteiger partial charge in [-0.3, -0.25) is 0 Å². The van der Waals surface area contributed by atoms with E-state index in [1.807, 2.05) is 67.6 Å². The van der Waals surface area contributed by atoms with Crippen LogP contribution in [-0.2, 0) is 9.84 Å². The first-order valence-corrected chi connectivity index (χ1v) is 13.6. The first-order valence-electron chi connectivity index (χ1n) is 11.7. The minimum Gasteiger partial charge on any atom is -0.497 e. The van der Waals surface area contributed by atoms with E-state index in [0.717, 1.165) is 48.7 Å². The highest BCUT2D eigenvalue weighted by Crippen LogP contribution is 2.40. The molecular weight excluding hydrogens is 462 g/mol. The topological polar surface area (TPSA) is 79.9 Å². The van der Waals surface area contributed by atoms with Gasteiger partial charge in [-0.25, -0.2) is 8.42 Å². The lowest BCUT2D eigenvalue weighted by Crippen LogP contribution is -2.43. The van der Waals surface area contributed by atoms with E-state index in [-0.39, 0.29) is 5.92 Å². The second kappa shape index (κ2) is 10.6. The zero-order valence-electron chi connectivity index (χ0n) is 20.7. The van der Waals surface area contributed by atoms with Crippen molar-refractivity contribution in [2.75, 3.05) is 56.9 Å². The number of sulfone groups is 1. The molecule has 0 aliphatic carbocycles. The molecule has 0 radical (unpaired) electrons. The third kappa shape index (κ3) is 5.71. The lowest BCUT2D eigenvalue weighted by molar-refractivity contribution is 0.393. The predicted octanol–water partition coefficient (Wildman–Crippen LogP) is 4.41. The monoisotopic (exact) mass is 495 g/mol. The van der Waals surface area contributed by atoms with Gasteiger partial charge in [0.2, 0.25) is 0 Å². The van der Waals surface area contributed by atoms with Crippen LogP contribution < -0.4 is 25.0 Å². The maximum absolute atomic E-state index is 13.2. The SMILES string of the molecule is COc1cc(OC)cc(C(C)c2cc(N3CCNCC3)cc(Nc3ccccc3)c2S(C)(=O)=O)c1. The van der Waals surface area contributed by atoms with Gasteiger partial charge in [-0.1, -0.05) is 25.1 Å². The number of rotatable bonds is 8. The van der Waals surface area contributed by atoms with Gasteiger partial charge < -0.3 is 25.0 Å². The molecular formula is C27H33N3O4S. The molecule has 0 aromatic heterocycles. The summed E-state index contributed by atoms with van der Waals surface area (Å²) in [5.74, 6) is 1.09. The van der Waals surface area contributed by atoms with Crippen LogP contribution in [0.4, 0.5) is 17.1 Å². The summed E-state index contributed by atoms with van der Waals surface area (Å²) in [6.07, 6.45) is 1.27. The van der Waals surface area contributed by atoms with Gasteiger partial charge in [0, 0.05) is 55.8 Å². The number of hydrogen-bond donors (Lipinski definition) is 2. The van der Waals surface area contributed by atoms with Crippen LogP contribution in [0.3, 0.4) is 0 Å². The molecule has 2 N–H and O–H groups in total. The molecule has 1 aliphatic rings. The van der Waals surface area contributed by atoms with Crippen LogP contribution in [0.5, 0.6) is 11.5 Å². The number of para-hydroxylation sites is 1. The van der Waals surface area contributed by atoms with Crippen LogP contribution in [-0.4, -0.2) is 55.1 Å². The highest BCUT2D eigenvalue weighted by molar-refractivity contribution is 7.91. The number of methoxy groups -OCH3 is 2. The van der Waals surface area contributed by atoms with Crippen molar-refractivity contribution in [1.29, 1.82) is 0 Å². The van der Waals surface area contributed by atoms with Crippen LogP contribution in [0.25, 0.3) is 0 Å². The number of anilines is 3. The van der Waals surface area contributed by atoms with Gasteiger partial charge >= 0.3 is 0 Å². The van der Waals surface area contributed by atoms with Crippen LogP contribution >= 0.6 is 0 Å². The highest BCUT2D eigenvalue weighted by Gasteiger charge is 2.26. The molecule has 0 amide bonds. The van der Waals surface area contributed by atoms with Gasteiger partial charge in [0.05, 0.1) is 24.8 Å². The van der Waals surface area contributed by atoms with Crippen LogP contribution in [0.15, 0.2) is 65.6 Å². The predicted molar refractivity (Wildman–Crippen MR) is 141 cm³/mol. The third-order valence-electron chi connectivity index (χ3n) is 6.35. The number of ether oxygens (including phenoxy) is 2. The maximum Gasteiger partial charge on any atom is 0.177 e. The smallest absolute Gasteiger partial charge is 0.177 e. The number of nitrogens with zero attached hydrogens (tertiary/aromatic N) is 1. The van der Waals surface area contributed by atoms with Crippen LogP contribution in [0, 0.1) is 0 Å². The Morgan fingerprint density at radius 3 is 2.14 bits per heavy atom. The average molecular weight is 496 g/mol. The Labute approximate surface area is 208 Å². The fraction of sp³-hybridized carbons (Fsp3) is 0.333. The van der Waals surface area contributed by atoms with Crippen molar-refractivity contribution in [2.24, 2.45) is 0 Å². The summed E-state index contributed by atoms with van der Waals surface area (Å²) < 4.78 is 37.4. The van der Waals surface area contributed by atoms with E-state index < -0.39 is 9.84 Å². The van der Waals surface area contributed by atoms with Crippen molar-refractivity contribution in [2.45, 2.75) is 17.7 Å². The number of benzene rings is 3. The standard InChI is InChI=1S/C27H33N3O4S/c1-19(20-14-23(33-2)18-24(15-20)34-3)25-16-22(30-12-10-28-11-13-30)17-26(27(25)35(4,31)32)29-21-8-6-5-7-9-21/h5-9,14-19,28-29H,10-13H2,1-4H3. The molecule has 0 saturated carbocycles. The Hall–Kier alpha value is -3.23. The fourth-order valence-electron chi connectivity index (χ4n) is 4.51. The molecule has 4 rings (SSSR count). The summed E-state index contributed by atoms with van der Waals surface area (Å²) in [5, 5.41) is 6.76. The van der Waals surface area contributed by atoms with Gasteiger partial charge in [-0.2, -0.15) is 0 Å². The van der Waals surface area contributed by atoms with E-state index in [2.05, 4.69) is 15.5 Å². The molecule has 1 saturated heterocycles. The van der Waals surface area contributed by atoms with Gasteiger partial charge in [0.1, 0.15) is 11.5 Å². The van der Waals surface area contributed by atoms with E-state index >= 15 is 0 Å². The quantitative estimate of drug-likeness (QED) is 0.479. The molecule has 1 fully saturated rings. The number of hydrogen-bond acceptors (Lipinski definition) is 7. The highest BCUT2D eigenvalue weighted by atomic mass is 32.2. The largest absolute Gasteiger partial charge is 0.497 e. The minimum atomic E-state index is -3.57. The van der Waals surface area contributed by atoms with Crippen LogP contribution in [0.1, 0.15) is 24.0 Å². The van der Waals surface area contributed by atoms with E-state index in [1.165, 1.54) is 6.26 Å². The fourth-order valence-corrected chi connectivity index (χ4v) is 5.68. The number of nitrogens with one attached hydrogen (secondary N) is 2. The summed E-state index contributed by atoms with van der Waals surface area (Å²) >= 11 is 0. The summed E-state index contributed by atoms with van der Waals surface area (Å²) in [6.45, 7) is 5.49. The molecule has 7 nitrogen and oxygen atoms in total. The van der Waals surface area contributed by atoms with Crippen LogP contribution in [0.2, 0.25) is 0 Å². The Balaban J connectivity index is 1.92. The molecule has 1 heterocycles. The molecule has 0 bridgehead atoms. The van der Waals surface area contributed by atoms with Crippen molar-refractivity contribution in [3.05, 3.63) is 71.8 Å². The minimum absolute atomic E-state index is 0.233. The van der Waals surface area contributed by atoms with Gasteiger partial charge in [0.25, 0.3) is 0 Å². The van der Waals surface area contributed by atoms with Crippen molar-refractivity contribution < 1.29 is 17.9 Å². The van der Waals surface area contributed by atoms with Crippen molar-refractivity contribution in [3.8, 4) is 11.5 Å². The van der Waals surface area contributed by atoms with Gasteiger partial charge in [0.15, 0.2) is 9.84 Å². The molecule has 8 heteroatoms. The molecule has 3 aromatic carbocycles. The molecule has 3 aromatic rings. The Morgan fingerprint density at radius 2 is 1.57 bits per heavy atom. The van der Waals surface area contributed by atoms with Gasteiger partial charge in [-0.05, 0) is 47.5 Å². The zero-order chi connectivity index (χ0) is 25.0.